The molecule has 0 aliphatic heterocycles. The molecule has 1 aromatic carbocycles. The molecule has 0 radical (unpaired) electrons. The van der Waals surface area contributed by atoms with Gasteiger partial charge in [-0.1, -0.05) is 6.07 Å². The second-order valence-corrected chi connectivity index (χ2v) is 5.70. The zero-order valence-corrected chi connectivity index (χ0v) is 13.2. The van der Waals surface area contributed by atoms with Gasteiger partial charge in [0.25, 0.3) is 0 Å². The monoisotopic (exact) mass is 277 g/mol. The number of carbonyl (C=O) groups is 1. The Morgan fingerprint density at radius 3 is 2.35 bits per heavy atom. The molecule has 0 amide bonds. The average Bonchev–Trinajstić information content (AvgIpc) is 2.38. The van der Waals surface area contributed by atoms with Crippen LogP contribution < -0.4 is 0 Å². The maximum Gasteiger partial charge on any atom is 0.177 e. The first-order chi connectivity index (χ1) is 9.45. The van der Waals surface area contributed by atoms with E-state index in [-0.39, 0.29) is 12.4 Å². The number of nitrogens with zero attached hydrogens (tertiary/aromatic N) is 1. The molecule has 3 nitrogen and oxygen atoms in total. The highest BCUT2D eigenvalue weighted by Gasteiger charge is 2.12. The first-order valence-corrected chi connectivity index (χ1v) is 7.36. The van der Waals surface area contributed by atoms with Crippen molar-refractivity contribution >= 4 is 5.78 Å². The summed E-state index contributed by atoms with van der Waals surface area (Å²) >= 11 is 0. The molecule has 0 aromatic heterocycles. The van der Waals surface area contributed by atoms with E-state index in [1.165, 1.54) is 11.1 Å². The Bertz CT molecular complexity index is 455. The van der Waals surface area contributed by atoms with Crippen LogP contribution >= 0.6 is 0 Å². The van der Waals surface area contributed by atoms with Crippen molar-refractivity contribution in [2.45, 2.75) is 40.0 Å². The zero-order chi connectivity index (χ0) is 15.1. The van der Waals surface area contributed by atoms with Crippen molar-refractivity contribution < 1.29 is 9.90 Å². The van der Waals surface area contributed by atoms with Crippen molar-refractivity contribution in [2.75, 3.05) is 26.7 Å². The summed E-state index contributed by atoms with van der Waals surface area (Å²) in [4.78, 5) is 14.4. The van der Waals surface area contributed by atoms with E-state index in [0.29, 0.717) is 6.54 Å². The highest BCUT2D eigenvalue weighted by Crippen LogP contribution is 2.16. The number of aryl methyl sites for hydroxylation is 3. The molecule has 1 N–H and O–H groups in total. The number of carbonyl (C=O) groups excluding carboxylic acids is 1. The van der Waals surface area contributed by atoms with Gasteiger partial charge in [0.1, 0.15) is 0 Å². The van der Waals surface area contributed by atoms with Crippen molar-refractivity contribution in [3.05, 3.63) is 34.4 Å². The lowest BCUT2D eigenvalue weighted by Gasteiger charge is -2.17. The van der Waals surface area contributed by atoms with Crippen LogP contribution in [0.5, 0.6) is 0 Å². The minimum atomic E-state index is 0.190. The Kier molecular flexibility index (Phi) is 6.89. The van der Waals surface area contributed by atoms with Crippen LogP contribution in [0.1, 0.15) is 46.3 Å². The second kappa shape index (κ2) is 8.18. The molecule has 0 aliphatic carbocycles. The van der Waals surface area contributed by atoms with Crippen LogP contribution in [0.25, 0.3) is 0 Å². The number of aliphatic hydroxyl groups is 1. The van der Waals surface area contributed by atoms with Gasteiger partial charge in [-0.05, 0) is 76.4 Å². The number of ketones is 1. The van der Waals surface area contributed by atoms with Gasteiger partial charge in [0.2, 0.25) is 0 Å². The minimum absolute atomic E-state index is 0.190. The van der Waals surface area contributed by atoms with E-state index in [2.05, 4.69) is 17.9 Å². The molecule has 0 unspecified atom stereocenters. The lowest BCUT2D eigenvalue weighted by molar-refractivity contribution is 0.0944. The fraction of sp³-hybridized carbons (Fsp3) is 0.588. The Labute approximate surface area is 122 Å². The molecule has 0 aliphatic rings. The summed E-state index contributed by atoms with van der Waals surface area (Å²) in [7, 11) is 1.98. The van der Waals surface area contributed by atoms with Gasteiger partial charge >= 0.3 is 0 Å². The lowest BCUT2D eigenvalue weighted by Crippen LogP contribution is -2.27. The Balaban J connectivity index is 2.56. The quantitative estimate of drug-likeness (QED) is 0.587. The molecule has 0 atom stereocenters. The fourth-order valence-corrected chi connectivity index (χ4v) is 2.34. The highest BCUT2D eigenvalue weighted by molar-refractivity contribution is 5.99. The fourth-order valence-electron chi connectivity index (χ4n) is 2.34. The number of rotatable bonds is 8. The Morgan fingerprint density at radius 1 is 1.05 bits per heavy atom. The third-order valence-electron chi connectivity index (χ3n) is 3.75. The smallest absolute Gasteiger partial charge is 0.177 e. The molecule has 1 rings (SSSR count). The molecule has 3 heteroatoms. The summed E-state index contributed by atoms with van der Waals surface area (Å²) in [5.41, 5.74) is 4.31. The van der Waals surface area contributed by atoms with E-state index in [9.17, 15) is 4.79 Å². The van der Waals surface area contributed by atoms with Gasteiger partial charge in [-0.15, -0.1) is 0 Å². The Morgan fingerprint density at radius 2 is 1.70 bits per heavy atom. The van der Waals surface area contributed by atoms with E-state index in [1.807, 2.05) is 27.0 Å². The van der Waals surface area contributed by atoms with Crippen LogP contribution in [-0.4, -0.2) is 42.5 Å². The number of hydrogen-bond acceptors (Lipinski definition) is 3. The number of Topliss-reactive ketones (excluding diaryl/α,β-unsaturated/α-hetero) is 1. The molecule has 1 aromatic rings. The molecule has 20 heavy (non-hydrogen) atoms. The molecule has 0 heterocycles. The SMILES string of the molecule is Cc1cc(C)c(C(=O)CN(C)CCCCCO)cc1C. The first kappa shape index (κ1) is 16.9. The van der Waals surface area contributed by atoms with Gasteiger partial charge in [-0.2, -0.15) is 0 Å². The third-order valence-corrected chi connectivity index (χ3v) is 3.75. The summed E-state index contributed by atoms with van der Waals surface area (Å²) in [6, 6.07) is 4.09. The third kappa shape index (κ3) is 5.06. The maximum atomic E-state index is 12.3. The van der Waals surface area contributed by atoms with Crippen molar-refractivity contribution in [1.29, 1.82) is 0 Å². The topological polar surface area (TPSA) is 40.5 Å². The average molecular weight is 277 g/mol. The predicted octanol–water partition coefficient (Wildman–Crippen LogP) is 2.89. The number of hydrogen-bond donors (Lipinski definition) is 1. The highest BCUT2D eigenvalue weighted by atomic mass is 16.2. The molecule has 0 bridgehead atoms. The lowest BCUT2D eigenvalue weighted by atomic mass is 9.98. The van der Waals surface area contributed by atoms with Crippen LogP contribution in [0.4, 0.5) is 0 Å². The molecule has 112 valence electrons. The van der Waals surface area contributed by atoms with Gasteiger partial charge in [0, 0.05) is 12.2 Å². The van der Waals surface area contributed by atoms with Crippen LogP contribution in [0.3, 0.4) is 0 Å². The minimum Gasteiger partial charge on any atom is -0.396 e. The summed E-state index contributed by atoms with van der Waals surface area (Å²) in [5.74, 6) is 0.190. The predicted molar refractivity (Wildman–Crippen MR) is 83.4 cm³/mol. The van der Waals surface area contributed by atoms with Crippen LogP contribution in [-0.2, 0) is 0 Å². The maximum absolute atomic E-state index is 12.3. The van der Waals surface area contributed by atoms with E-state index in [1.54, 1.807) is 0 Å². The van der Waals surface area contributed by atoms with Gasteiger partial charge in [0.15, 0.2) is 5.78 Å². The molecule has 0 spiro atoms. The molecule has 0 saturated heterocycles. The standard InChI is InChI=1S/C17H27NO2/c1-13-10-15(3)16(11-14(13)2)17(20)12-18(4)8-6-5-7-9-19/h10-11,19H,5-9,12H2,1-4H3. The van der Waals surface area contributed by atoms with Crippen molar-refractivity contribution in [2.24, 2.45) is 0 Å². The summed E-state index contributed by atoms with van der Waals surface area (Å²) in [6.07, 6.45) is 2.88. The Hall–Kier alpha value is -1.19. The van der Waals surface area contributed by atoms with E-state index < -0.39 is 0 Å². The number of aliphatic hydroxyl groups excluding tert-OH is 1. The molecular weight excluding hydrogens is 250 g/mol. The van der Waals surface area contributed by atoms with E-state index in [4.69, 9.17) is 5.11 Å². The van der Waals surface area contributed by atoms with E-state index in [0.717, 1.165) is 36.9 Å². The zero-order valence-electron chi connectivity index (χ0n) is 13.2. The number of likely N-dealkylation sites (N-methyl/N-ethyl adjacent to an activating group) is 1. The van der Waals surface area contributed by atoms with Crippen LogP contribution in [0, 0.1) is 20.8 Å². The van der Waals surface area contributed by atoms with E-state index >= 15 is 0 Å². The first-order valence-electron chi connectivity index (χ1n) is 7.36. The van der Waals surface area contributed by atoms with Gasteiger partial charge in [-0.3, -0.25) is 9.69 Å². The molecule has 0 fully saturated rings. The molecular formula is C17H27NO2. The summed E-state index contributed by atoms with van der Waals surface area (Å²) in [5, 5.41) is 8.74. The van der Waals surface area contributed by atoms with Gasteiger partial charge in [-0.25, -0.2) is 0 Å². The summed E-state index contributed by atoms with van der Waals surface area (Å²) in [6.45, 7) is 7.73. The second-order valence-electron chi connectivity index (χ2n) is 5.70. The van der Waals surface area contributed by atoms with Gasteiger partial charge < -0.3 is 5.11 Å². The van der Waals surface area contributed by atoms with Gasteiger partial charge in [0.05, 0.1) is 6.54 Å². The largest absolute Gasteiger partial charge is 0.396 e. The number of unbranched alkanes of at least 4 members (excludes halogenated alkanes) is 2. The molecule has 0 saturated carbocycles. The van der Waals surface area contributed by atoms with Crippen molar-refractivity contribution in [3.63, 3.8) is 0 Å². The van der Waals surface area contributed by atoms with Crippen molar-refractivity contribution in [1.82, 2.24) is 4.90 Å². The normalized spacial score (nSPS) is 11.1. The number of benzene rings is 1. The van der Waals surface area contributed by atoms with Crippen molar-refractivity contribution in [3.8, 4) is 0 Å². The van der Waals surface area contributed by atoms with Crippen LogP contribution in [0.2, 0.25) is 0 Å². The van der Waals surface area contributed by atoms with Crippen LogP contribution in [0.15, 0.2) is 12.1 Å². The summed E-state index contributed by atoms with van der Waals surface area (Å²) < 4.78 is 0.